The van der Waals surface area contributed by atoms with Gasteiger partial charge in [0, 0.05) is 31.8 Å². The highest BCUT2D eigenvalue weighted by atomic mass is 16.5. The summed E-state index contributed by atoms with van der Waals surface area (Å²) in [5.41, 5.74) is 0.279. The predicted molar refractivity (Wildman–Crippen MR) is 66.7 cm³/mol. The van der Waals surface area contributed by atoms with E-state index in [0.29, 0.717) is 0 Å². The van der Waals surface area contributed by atoms with Crippen molar-refractivity contribution in [3.63, 3.8) is 0 Å². The minimum Gasteiger partial charge on any atom is -0.381 e. The lowest BCUT2D eigenvalue weighted by atomic mass is 9.98. The maximum absolute atomic E-state index is 5.42. The standard InChI is InChI=1S/C13H26N2O/c1-13(2)11-15(7-3-6-14-13)10-12-4-8-16-9-5-12/h12,14H,3-11H2,1-2H3. The molecule has 2 fully saturated rings. The second kappa shape index (κ2) is 5.48. The first-order chi connectivity index (χ1) is 7.66. The third-order valence-electron chi connectivity index (χ3n) is 3.73. The molecule has 2 aliphatic heterocycles. The Labute approximate surface area is 99.5 Å². The molecule has 0 aromatic carbocycles. The summed E-state index contributed by atoms with van der Waals surface area (Å²) >= 11 is 0. The predicted octanol–water partition coefficient (Wildman–Crippen LogP) is 1.49. The molecule has 16 heavy (non-hydrogen) atoms. The summed E-state index contributed by atoms with van der Waals surface area (Å²) in [6, 6.07) is 0. The van der Waals surface area contributed by atoms with Gasteiger partial charge in [0.05, 0.1) is 0 Å². The Morgan fingerprint density at radius 2 is 2.06 bits per heavy atom. The zero-order chi connectivity index (χ0) is 11.4. The van der Waals surface area contributed by atoms with Crippen LogP contribution in [0.25, 0.3) is 0 Å². The summed E-state index contributed by atoms with van der Waals surface area (Å²) in [6.45, 7) is 11.5. The van der Waals surface area contributed by atoms with Crippen molar-refractivity contribution in [1.29, 1.82) is 0 Å². The van der Waals surface area contributed by atoms with Crippen molar-refractivity contribution in [3.05, 3.63) is 0 Å². The molecule has 0 bridgehead atoms. The van der Waals surface area contributed by atoms with Crippen molar-refractivity contribution in [3.8, 4) is 0 Å². The van der Waals surface area contributed by atoms with Gasteiger partial charge >= 0.3 is 0 Å². The van der Waals surface area contributed by atoms with Crippen molar-refractivity contribution in [1.82, 2.24) is 10.2 Å². The van der Waals surface area contributed by atoms with Gasteiger partial charge in [0.2, 0.25) is 0 Å². The molecule has 0 aromatic heterocycles. The topological polar surface area (TPSA) is 24.5 Å². The van der Waals surface area contributed by atoms with Crippen LogP contribution >= 0.6 is 0 Å². The van der Waals surface area contributed by atoms with E-state index in [4.69, 9.17) is 4.74 Å². The molecule has 2 rings (SSSR count). The Bertz CT molecular complexity index is 212. The zero-order valence-corrected chi connectivity index (χ0v) is 10.8. The highest BCUT2D eigenvalue weighted by molar-refractivity contribution is 4.85. The molecule has 0 aliphatic carbocycles. The minimum absolute atomic E-state index is 0.279. The summed E-state index contributed by atoms with van der Waals surface area (Å²) in [7, 11) is 0. The largest absolute Gasteiger partial charge is 0.381 e. The number of hydrogen-bond donors (Lipinski definition) is 1. The van der Waals surface area contributed by atoms with Crippen LogP contribution in [0.15, 0.2) is 0 Å². The molecule has 0 unspecified atom stereocenters. The molecule has 0 amide bonds. The fourth-order valence-electron chi connectivity index (χ4n) is 2.87. The average Bonchev–Trinajstić information content (AvgIpc) is 2.40. The smallest absolute Gasteiger partial charge is 0.0469 e. The number of rotatable bonds is 2. The van der Waals surface area contributed by atoms with Crippen LogP contribution in [0.3, 0.4) is 0 Å². The third kappa shape index (κ3) is 3.72. The average molecular weight is 226 g/mol. The summed E-state index contributed by atoms with van der Waals surface area (Å²) in [4.78, 5) is 2.65. The molecular weight excluding hydrogens is 200 g/mol. The van der Waals surface area contributed by atoms with E-state index in [2.05, 4.69) is 24.1 Å². The van der Waals surface area contributed by atoms with Crippen LogP contribution in [0.4, 0.5) is 0 Å². The van der Waals surface area contributed by atoms with E-state index in [1.807, 2.05) is 0 Å². The molecule has 2 heterocycles. The first kappa shape index (κ1) is 12.3. The quantitative estimate of drug-likeness (QED) is 0.772. The highest BCUT2D eigenvalue weighted by Gasteiger charge is 2.26. The van der Waals surface area contributed by atoms with Gasteiger partial charge in [0.15, 0.2) is 0 Å². The number of hydrogen-bond acceptors (Lipinski definition) is 3. The first-order valence-electron chi connectivity index (χ1n) is 6.71. The number of nitrogens with zero attached hydrogens (tertiary/aromatic N) is 1. The lowest BCUT2D eigenvalue weighted by Crippen LogP contribution is -2.47. The van der Waals surface area contributed by atoms with Crippen molar-refractivity contribution in [2.24, 2.45) is 5.92 Å². The molecule has 0 atom stereocenters. The lowest BCUT2D eigenvalue weighted by molar-refractivity contribution is 0.0507. The molecular formula is C13H26N2O. The van der Waals surface area contributed by atoms with Gasteiger partial charge in [-0.15, -0.1) is 0 Å². The van der Waals surface area contributed by atoms with Gasteiger partial charge < -0.3 is 15.0 Å². The minimum atomic E-state index is 0.279. The summed E-state index contributed by atoms with van der Waals surface area (Å²) in [5.74, 6) is 0.864. The normalized spacial score (nSPS) is 28.9. The SMILES string of the molecule is CC1(C)CN(CC2CCOCC2)CCCN1. The lowest BCUT2D eigenvalue weighted by Gasteiger charge is -2.33. The van der Waals surface area contributed by atoms with Crippen LogP contribution in [-0.2, 0) is 4.74 Å². The van der Waals surface area contributed by atoms with Gasteiger partial charge in [0.25, 0.3) is 0 Å². The van der Waals surface area contributed by atoms with Crippen LogP contribution in [0.1, 0.15) is 33.1 Å². The molecule has 0 saturated carbocycles. The van der Waals surface area contributed by atoms with E-state index in [1.165, 1.54) is 38.9 Å². The summed E-state index contributed by atoms with van der Waals surface area (Å²) in [5, 5.41) is 3.62. The molecule has 0 spiro atoms. The van der Waals surface area contributed by atoms with E-state index in [9.17, 15) is 0 Å². The molecule has 2 saturated heterocycles. The summed E-state index contributed by atoms with van der Waals surface area (Å²) < 4.78 is 5.42. The highest BCUT2D eigenvalue weighted by Crippen LogP contribution is 2.18. The molecule has 3 heteroatoms. The maximum Gasteiger partial charge on any atom is 0.0469 e. The van der Waals surface area contributed by atoms with E-state index in [1.54, 1.807) is 0 Å². The molecule has 0 aromatic rings. The Morgan fingerprint density at radius 1 is 1.31 bits per heavy atom. The van der Waals surface area contributed by atoms with E-state index >= 15 is 0 Å². The molecule has 1 N–H and O–H groups in total. The fraction of sp³-hybridized carbons (Fsp3) is 1.00. The number of nitrogens with one attached hydrogen (secondary N) is 1. The van der Waals surface area contributed by atoms with Crippen LogP contribution in [-0.4, -0.2) is 49.8 Å². The fourth-order valence-corrected chi connectivity index (χ4v) is 2.87. The third-order valence-corrected chi connectivity index (χ3v) is 3.73. The molecule has 94 valence electrons. The van der Waals surface area contributed by atoms with Gasteiger partial charge in [-0.3, -0.25) is 0 Å². The van der Waals surface area contributed by atoms with E-state index in [-0.39, 0.29) is 5.54 Å². The zero-order valence-electron chi connectivity index (χ0n) is 10.8. The second-order valence-corrected chi connectivity index (χ2v) is 5.96. The Balaban J connectivity index is 1.82. The first-order valence-corrected chi connectivity index (χ1v) is 6.71. The van der Waals surface area contributed by atoms with E-state index in [0.717, 1.165) is 25.7 Å². The van der Waals surface area contributed by atoms with Gasteiger partial charge in [-0.2, -0.15) is 0 Å². The Kier molecular flexibility index (Phi) is 4.22. The maximum atomic E-state index is 5.42. The van der Waals surface area contributed by atoms with Crippen molar-refractivity contribution < 1.29 is 4.74 Å². The van der Waals surface area contributed by atoms with Gasteiger partial charge in [0.1, 0.15) is 0 Å². The number of ether oxygens (including phenoxy) is 1. The second-order valence-electron chi connectivity index (χ2n) is 5.96. The van der Waals surface area contributed by atoms with Crippen LogP contribution in [0, 0.1) is 5.92 Å². The molecule has 2 aliphatic rings. The monoisotopic (exact) mass is 226 g/mol. The van der Waals surface area contributed by atoms with Crippen LogP contribution in [0.2, 0.25) is 0 Å². The molecule has 3 nitrogen and oxygen atoms in total. The van der Waals surface area contributed by atoms with Gasteiger partial charge in [-0.1, -0.05) is 0 Å². The van der Waals surface area contributed by atoms with Gasteiger partial charge in [-0.25, -0.2) is 0 Å². The molecule has 0 radical (unpaired) electrons. The van der Waals surface area contributed by atoms with Crippen molar-refractivity contribution >= 4 is 0 Å². The summed E-state index contributed by atoms with van der Waals surface area (Å²) in [6.07, 6.45) is 3.79. The van der Waals surface area contributed by atoms with Crippen LogP contribution < -0.4 is 5.32 Å². The Hall–Kier alpha value is -0.120. The van der Waals surface area contributed by atoms with Gasteiger partial charge in [-0.05, 0) is 52.1 Å². The van der Waals surface area contributed by atoms with Crippen molar-refractivity contribution in [2.45, 2.75) is 38.6 Å². The van der Waals surface area contributed by atoms with Crippen molar-refractivity contribution in [2.75, 3.05) is 39.4 Å². The Morgan fingerprint density at radius 3 is 2.81 bits per heavy atom. The van der Waals surface area contributed by atoms with Crippen LogP contribution in [0.5, 0.6) is 0 Å². The van der Waals surface area contributed by atoms with E-state index < -0.39 is 0 Å².